The lowest BCUT2D eigenvalue weighted by Crippen LogP contribution is -2.26. The van der Waals surface area contributed by atoms with Gasteiger partial charge in [0.25, 0.3) is 0 Å². The summed E-state index contributed by atoms with van der Waals surface area (Å²) < 4.78 is 18.7. The van der Waals surface area contributed by atoms with Crippen LogP contribution in [0.15, 0.2) is 41.3 Å². The number of hydrogen-bond acceptors (Lipinski definition) is 5. The van der Waals surface area contributed by atoms with Gasteiger partial charge in [-0.3, -0.25) is 9.69 Å². The summed E-state index contributed by atoms with van der Waals surface area (Å²) in [4.78, 5) is 14.6. The molecule has 1 aromatic carbocycles. The molecule has 2 heterocycles. The van der Waals surface area contributed by atoms with Gasteiger partial charge in [0.15, 0.2) is 5.75 Å². The summed E-state index contributed by atoms with van der Waals surface area (Å²) in [5.74, 6) is 2.03. The third-order valence-corrected chi connectivity index (χ3v) is 4.90. The SMILES string of the molecule is COc1ccc(OCCn2ccc(=O)c(OCCN3CCCC3)c2C)cc1. The van der Waals surface area contributed by atoms with Crippen molar-refractivity contribution in [2.45, 2.75) is 26.3 Å². The second-order valence-corrected chi connectivity index (χ2v) is 6.71. The second kappa shape index (κ2) is 9.46. The Labute approximate surface area is 160 Å². The Kier molecular flexibility index (Phi) is 6.76. The average molecular weight is 372 g/mol. The van der Waals surface area contributed by atoms with Crippen molar-refractivity contribution in [2.75, 3.05) is 40.0 Å². The molecule has 0 spiro atoms. The van der Waals surface area contributed by atoms with Gasteiger partial charge in [0.1, 0.15) is 24.7 Å². The largest absolute Gasteiger partial charge is 0.497 e. The number of likely N-dealkylation sites (tertiary alicyclic amines) is 1. The molecule has 146 valence electrons. The molecule has 0 N–H and O–H groups in total. The van der Waals surface area contributed by atoms with Crippen LogP contribution in [0.3, 0.4) is 0 Å². The molecular weight excluding hydrogens is 344 g/mol. The summed E-state index contributed by atoms with van der Waals surface area (Å²) in [6, 6.07) is 9.05. The molecule has 27 heavy (non-hydrogen) atoms. The number of rotatable bonds is 9. The highest BCUT2D eigenvalue weighted by molar-refractivity contribution is 5.31. The molecular formula is C21H28N2O4. The lowest BCUT2D eigenvalue weighted by molar-refractivity contribution is 0.232. The Bertz CT molecular complexity index is 780. The minimum atomic E-state index is -0.0683. The van der Waals surface area contributed by atoms with Gasteiger partial charge in [-0.2, -0.15) is 0 Å². The smallest absolute Gasteiger partial charge is 0.223 e. The summed E-state index contributed by atoms with van der Waals surface area (Å²) in [5, 5.41) is 0. The van der Waals surface area contributed by atoms with Crippen LogP contribution in [0.2, 0.25) is 0 Å². The van der Waals surface area contributed by atoms with Crippen molar-refractivity contribution in [1.82, 2.24) is 9.47 Å². The van der Waals surface area contributed by atoms with Gasteiger partial charge >= 0.3 is 0 Å². The molecule has 6 nitrogen and oxygen atoms in total. The number of methoxy groups -OCH3 is 1. The van der Waals surface area contributed by atoms with Crippen molar-refractivity contribution in [3.05, 3.63) is 52.4 Å². The Morgan fingerprint density at radius 1 is 0.926 bits per heavy atom. The quantitative estimate of drug-likeness (QED) is 0.677. The van der Waals surface area contributed by atoms with Crippen molar-refractivity contribution in [3.8, 4) is 17.2 Å². The van der Waals surface area contributed by atoms with E-state index >= 15 is 0 Å². The van der Waals surface area contributed by atoms with E-state index in [2.05, 4.69) is 4.90 Å². The van der Waals surface area contributed by atoms with E-state index in [0.29, 0.717) is 25.5 Å². The van der Waals surface area contributed by atoms with Crippen LogP contribution in [0.4, 0.5) is 0 Å². The molecule has 3 rings (SSSR count). The molecule has 0 unspecified atom stereocenters. The number of ether oxygens (including phenoxy) is 3. The first-order chi connectivity index (χ1) is 13.2. The fourth-order valence-electron chi connectivity index (χ4n) is 3.29. The Hall–Kier alpha value is -2.47. The maximum atomic E-state index is 12.2. The first-order valence-corrected chi connectivity index (χ1v) is 9.49. The molecule has 1 aromatic heterocycles. The van der Waals surface area contributed by atoms with Crippen LogP contribution in [0.5, 0.6) is 17.2 Å². The van der Waals surface area contributed by atoms with Crippen LogP contribution in [0.1, 0.15) is 18.5 Å². The number of hydrogen-bond donors (Lipinski definition) is 0. The van der Waals surface area contributed by atoms with Crippen molar-refractivity contribution in [3.63, 3.8) is 0 Å². The van der Waals surface area contributed by atoms with Gasteiger partial charge in [0, 0.05) is 18.8 Å². The van der Waals surface area contributed by atoms with Gasteiger partial charge in [-0.15, -0.1) is 0 Å². The van der Waals surface area contributed by atoms with Crippen LogP contribution >= 0.6 is 0 Å². The van der Waals surface area contributed by atoms with Crippen molar-refractivity contribution < 1.29 is 14.2 Å². The van der Waals surface area contributed by atoms with Crippen LogP contribution in [0, 0.1) is 6.92 Å². The number of nitrogens with zero attached hydrogens (tertiary/aromatic N) is 2. The second-order valence-electron chi connectivity index (χ2n) is 6.71. The minimum Gasteiger partial charge on any atom is -0.497 e. The fourth-order valence-corrected chi connectivity index (χ4v) is 3.29. The minimum absolute atomic E-state index is 0.0683. The van der Waals surface area contributed by atoms with Gasteiger partial charge in [-0.05, 0) is 57.1 Å². The van der Waals surface area contributed by atoms with Crippen LogP contribution < -0.4 is 19.6 Å². The monoisotopic (exact) mass is 372 g/mol. The van der Waals surface area contributed by atoms with Gasteiger partial charge in [0.2, 0.25) is 5.43 Å². The first kappa shape index (κ1) is 19.3. The summed E-state index contributed by atoms with van der Waals surface area (Å²) in [5.41, 5.74) is 0.767. The molecule has 0 saturated carbocycles. The van der Waals surface area contributed by atoms with Crippen molar-refractivity contribution >= 4 is 0 Å². The lowest BCUT2D eigenvalue weighted by Gasteiger charge is -2.17. The average Bonchev–Trinajstić information content (AvgIpc) is 3.20. The molecule has 1 aliphatic rings. The number of aromatic nitrogens is 1. The maximum Gasteiger partial charge on any atom is 0.223 e. The van der Waals surface area contributed by atoms with E-state index in [1.165, 1.54) is 12.8 Å². The Morgan fingerprint density at radius 3 is 2.30 bits per heavy atom. The molecule has 0 amide bonds. The summed E-state index contributed by atoms with van der Waals surface area (Å²) in [7, 11) is 1.64. The molecule has 1 fully saturated rings. The third kappa shape index (κ3) is 5.26. The maximum absolute atomic E-state index is 12.2. The Balaban J connectivity index is 1.54. The fraction of sp³-hybridized carbons (Fsp3) is 0.476. The van der Waals surface area contributed by atoms with Crippen molar-refractivity contribution in [2.24, 2.45) is 0 Å². The zero-order valence-electron chi connectivity index (χ0n) is 16.1. The topological polar surface area (TPSA) is 52.9 Å². The Morgan fingerprint density at radius 2 is 1.59 bits per heavy atom. The highest BCUT2D eigenvalue weighted by Crippen LogP contribution is 2.17. The third-order valence-electron chi connectivity index (χ3n) is 4.90. The van der Waals surface area contributed by atoms with E-state index in [1.54, 1.807) is 19.4 Å². The highest BCUT2D eigenvalue weighted by Gasteiger charge is 2.13. The molecule has 1 aliphatic heterocycles. The van der Waals surface area contributed by atoms with E-state index < -0.39 is 0 Å². The molecule has 0 atom stereocenters. The lowest BCUT2D eigenvalue weighted by atomic mass is 10.3. The molecule has 0 radical (unpaired) electrons. The van der Waals surface area contributed by atoms with E-state index in [4.69, 9.17) is 14.2 Å². The van der Waals surface area contributed by atoms with E-state index in [9.17, 15) is 4.79 Å². The van der Waals surface area contributed by atoms with Gasteiger partial charge in [0.05, 0.1) is 19.3 Å². The highest BCUT2D eigenvalue weighted by atomic mass is 16.5. The summed E-state index contributed by atoms with van der Waals surface area (Å²) in [6.07, 6.45) is 4.30. The van der Waals surface area contributed by atoms with Crippen LogP contribution in [0.25, 0.3) is 0 Å². The van der Waals surface area contributed by atoms with Gasteiger partial charge in [-0.1, -0.05) is 0 Å². The van der Waals surface area contributed by atoms with E-state index in [1.807, 2.05) is 35.8 Å². The zero-order chi connectivity index (χ0) is 19.1. The van der Waals surface area contributed by atoms with E-state index in [0.717, 1.165) is 36.8 Å². The first-order valence-electron chi connectivity index (χ1n) is 9.49. The molecule has 2 aromatic rings. The standard InChI is InChI=1S/C21H28N2O4/c1-17-21(27-15-13-22-10-3-4-11-22)20(24)9-12-23(17)14-16-26-19-7-5-18(25-2)6-8-19/h5-9,12H,3-4,10-11,13-16H2,1-2H3. The van der Waals surface area contributed by atoms with Crippen molar-refractivity contribution in [1.29, 1.82) is 0 Å². The number of pyridine rings is 1. The summed E-state index contributed by atoms with van der Waals surface area (Å²) in [6.45, 7) is 6.73. The van der Waals surface area contributed by atoms with Crippen LogP contribution in [-0.2, 0) is 6.54 Å². The van der Waals surface area contributed by atoms with E-state index in [-0.39, 0.29) is 5.43 Å². The normalized spacial score (nSPS) is 14.3. The molecule has 0 aliphatic carbocycles. The van der Waals surface area contributed by atoms with Gasteiger partial charge in [-0.25, -0.2) is 0 Å². The summed E-state index contributed by atoms with van der Waals surface area (Å²) >= 11 is 0. The predicted octanol–water partition coefficient (Wildman–Crippen LogP) is 2.72. The number of benzene rings is 1. The predicted molar refractivity (Wildman–Crippen MR) is 105 cm³/mol. The van der Waals surface area contributed by atoms with Crippen LogP contribution in [-0.4, -0.2) is 49.4 Å². The molecule has 0 bridgehead atoms. The van der Waals surface area contributed by atoms with Gasteiger partial charge < -0.3 is 18.8 Å². The molecule has 6 heteroatoms. The zero-order valence-corrected chi connectivity index (χ0v) is 16.1. The molecule has 1 saturated heterocycles.